The van der Waals surface area contributed by atoms with Gasteiger partial charge >= 0.3 is 12.3 Å². The molecule has 0 unspecified atom stereocenters. The van der Waals surface area contributed by atoms with Crippen molar-refractivity contribution in [1.82, 2.24) is 20.3 Å². The van der Waals surface area contributed by atoms with Gasteiger partial charge in [0.2, 0.25) is 6.10 Å². The zero-order chi connectivity index (χ0) is 24.0. The average Bonchev–Trinajstić information content (AvgIpc) is 2.77. The van der Waals surface area contributed by atoms with Gasteiger partial charge in [0.15, 0.2) is 0 Å². The average molecular weight is 472 g/mol. The van der Waals surface area contributed by atoms with Gasteiger partial charge in [-0.15, -0.1) is 0 Å². The third kappa shape index (κ3) is 4.54. The van der Waals surface area contributed by atoms with Crippen LogP contribution >= 0.6 is 0 Å². The van der Waals surface area contributed by atoms with Crippen LogP contribution in [0.15, 0.2) is 18.5 Å². The Morgan fingerprint density at radius 2 is 1.97 bits per heavy atom. The van der Waals surface area contributed by atoms with Crippen molar-refractivity contribution in [2.24, 2.45) is 0 Å². The Bertz CT molecular complexity index is 1060. The second-order valence-corrected chi connectivity index (χ2v) is 7.89. The monoisotopic (exact) mass is 472 g/mol. The molecule has 4 rings (SSSR count). The number of aromatic nitrogens is 3. The summed E-state index contributed by atoms with van der Waals surface area (Å²) in [5, 5.41) is 5.34. The Labute approximate surface area is 185 Å². The molecule has 13 heteroatoms. The second-order valence-electron chi connectivity index (χ2n) is 7.89. The van der Waals surface area contributed by atoms with Crippen molar-refractivity contribution >= 4 is 17.7 Å². The highest BCUT2D eigenvalue weighted by atomic mass is 19.4. The van der Waals surface area contributed by atoms with E-state index in [-0.39, 0.29) is 23.2 Å². The van der Waals surface area contributed by atoms with E-state index in [1.54, 1.807) is 4.90 Å². The molecule has 2 aromatic heterocycles. The number of nitrogens with zero attached hydrogens (tertiary/aromatic N) is 4. The Hall–Kier alpha value is -3.09. The fourth-order valence-electron chi connectivity index (χ4n) is 3.83. The molecule has 2 aromatic rings. The van der Waals surface area contributed by atoms with Gasteiger partial charge in [-0.3, -0.25) is 5.32 Å². The molecule has 0 bridgehead atoms. The molecular formula is C20H21F5N6O2. The van der Waals surface area contributed by atoms with Gasteiger partial charge in [-0.2, -0.15) is 13.2 Å². The molecule has 0 spiro atoms. The lowest BCUT2D eigenvalue weighted by molar-refractivity contribution is -0.206. The van der Waals surface area contributed by atoms with E-state index in [1.165, 1.54) is 13.0 Å². The first kappa shape index (κ1) is 23.1. The fraction of sp³-hybridized carbons (Fsp3) is 0.500. The zero-order valence-corrected chi connectivity index (χ0v) is 17.7. The van der Waals surface area contributed by atoms with Gasteiger partial charge in [-0.1, -0.05) is 6.92 Å². The van der Waals surface area contributed by atoms with Crippen LogP contribution in [0.5, 0.6) is 0 Å². The van der Waals surface area contributed by atoms with E-state index < -0.39 is 47.7 Å². The molecule has 0 radical (unpaired) electrons. The predicted octanol–water partition coefficient (Wildman–Crippen LogP) is 4.00. The SMILES string of the molecule is CCC(F)(F)c1cc(-c2ncnc3c2[C@H](C(F)(F)F)OC(=O)N3)nc(N2CCN[C@@H](C)C2)c1. The predicted molar refractivity (Wildman–Crippen MR) is 108 cm³/mol. The summed E-state index contributed by atoms with van der Waals surface area (Å²) < 4.78 is 75.0. The van der Waals surface area contributed by atoms with Gasteiger partial charge in [-0.05, 0) is 19.1 Å². The number of rotatable bonds is 4. The normalized spacial score (nSPS) is 21.3. The fourth-order valence-corrected chi connectivity index (χ4v) is 3.83. The number of pyridine rings is 1. The number of fused-ring (bicyclic) bond motifs is 1. The Kier molecular flexibility index (Phi) is 5.85. The molecular weight excluding hydrogens is 451 g/mol. The molecule has 1 fully saturated rings. The smallest absolute Gasteiger partial charge is 0.430 e. The molecule has 1 amide bonds. The maximum atomic E-state index is 14.7. The lowest BCUT2D eigenvalue weighted by Crippen LogP contribution is -2.49. The Morgan fingerprint density at radius 3 is 2.64 bits per heavy atom. The van der Waals surface area contributed by atoms with Gasteiger partial charge in [0.25, 0.3) is 5.92 Å². The van der Waals surface area contributed by atoms with Crippen LogP contribution in [0.2, 0.25) is 0 Å². The molecule has 2 aliphatic heterocycles. The second kappa shape index (κ2) is 8.36. The minimum Gasteiger partial charge on any atom is -0.431 e. The molecule has 33 heavy (non-hydrogen) atoms. The summed E-state index contributed by atoms with van der Waals surface area (Å²) in [6.07, 6.45) is -8.55. The number of hydrogen-bond donors (Lipinski definition) is 2. The van der Waals surface area contributed by atoms with Crippen LogP contribution in [-0.4, -0.2) is 52.9 Å². The van der Waals surface area contributed by atoms with Gasteiger partial charge in [0.05, 0.1) is 11.3 Å². The van der Waals surface area contributed by atoms with E-state index in [4.69, 9.17) is 0 Å². The van der Waals surface area contributed by atoms with Crippen LogP contribution < -0.4 is 15.5 Å². The van der Waals surface area contributed by atoms with E-state index >= 15 is 0 Å². The number of anilines is 2. The first-order valence-electron chi connectivity index (χ1n) is 10.3. The number of ether oxygens (including phenoxy) is 1. The highest BCUT2D eigenvalue weighted by Crippen LogP contribution is 2.45. The van der Waals surface area contributed by atoms with E-state index in [9.17, 15) is 26.7 Å². The standard InChI is InChI=1S/C20H21F5N6O2/c1-3-19(21,22)11-6-12(29-13(7-11)31-5-4-26-10(2)8-31)15-14-16(20(23,24)25)33-18(32)30-17(14)28-9-27-15/h6-7,9-10,16,26H,3-5,8H2,1-2H3,(H,27,28,30,32)/t10-,16+/m0/s1. The van der Waals surface area contributed by atoms with Crippen molar-refractivity contribution < 1.29 is 31.5 Å². The molecule has 1 saturated heterocycles. The van der Waals surface area contributed by atoms with Crippen molar-refractivity contribution in [2.75, 3.05) is 29.9 Å². The van der Waals surface area contributed by atoms with Crippen LogP contribution in [-0.2, 0) is 10.7 Å². The highest BCUT2D eigenvalue weighted by Gasteiger charge is 2.50. The molecule has 0 saturated carbocycles. The number of alkyl halides is 5. The maximum Gasteiger partial charge on any atom is 0.430 e. The van der Waals surface area contributed by atoms with Crippen molar-refractivity contribution in [3.05, 3.63) is 29.6 Å². The van der Waals surface area contributed by atoms with Crippen molar-refractivity contribution in [3.8, 4) is 11.4 Å². The number of amides is 1. The van der Waals surface area contributed by atoms with Crippen LogP contribution in [0.25, 0.3) is 11.4 Å². The maximum absolute atomic E-state index is 14.7. The van der Waals surface area contributed by atoms with Crippen LogP contribution in [0.3, 0.4) is 0 Å². The first-order chi connectivity index (χ1) is 15.5. The highest BCUT2D eigenvalue weighted by molar-refractivity contribution is 5.88. The van der Waals surface area contributed by atoms with E-state index in [0.717, 1.165) is 12.4 Å². The van der Waals surface area contributed by atoms with E-state index in [0.29, 0.717) is 19.6 Å². The largest absolute Gasteiger partial charge is 0.431 e. The third-order valence-corrected chi connectivity index (χ3v) is 5.50. The zero-order valence-electron chi connectivity index (χ0n) is 17.7. The molecule has 0 aliphatic carbocycles. The minimum absolute atomic E-state index is 0.0596. The van der Waals surface area contributed by atoms with Crippen molar-refractivity contribution in [3.63, 3.8) is 0 Å². The molecule has 8 nitrogen and oxygen atoms in total. The number of piperazine rings is 1. The summed E-state index contributed by atoms with van der Waals surface area (Å²) in [4.78, 5) is 25.4. The van der Waals surface area contributed by atoms with Gasteiger partial charge in [0.1, 0.15) is 23.7 Å². The number of nitrogens with one attached hydrogen (secondary N) is 2. The lowest BCUT2D eigenvalue weighted by atomic mass is 10.00. The number of cyclic esters (lactones) is 1. The molecule has 2 N–H and O–H groups in total. The third-order valence-electron chi connectivity index (χ3n) is 5.50. The van der Waals surface area contributed by atoms with E-state index in [2.05, 4.69) is 30.3 Å². The van der Waals surface area contributed by atoms with Gasteiger partial charge in [-0.25, -0.2) is 28.5 Å². The van der Waals surface area contributed by atoms with Crippen molar-refractivity contribution in [1.29, 1.82) is 0 Å². The topological polar surface area (TPSA) is 92.3 Å². The molecule has 178 valence electrons. The number of hydrogen-bond acceptors (Lipinski definition) is 7. The Morgan fingerprint density at radius 1 is 1.21 bits per heavy atom. The summed E-state index contributed by atoms with van der Waals surface area (Å²) >= 11 is 0. The van der Waals surface area contributed by atoms with Crippen LogP contribution in [0.1, 0.15) is 37.5 Å². The Balaban J connectivity index is 1.91. The van der Waals surface area contributed by atoms with Gasteiger partial charge in [0, 0.05) is 37.7 Å². The lowest BCUT2D eigenvalue weighted by Gasteiger charge is -2.33. The number of carbonyl (C=O) groups is 1. The first-order valence-corrected chi connectivity index (χ1v) is 10.3. The van der Waals surface area contributed by atoms with Crippen molar-refractivity contribution in [2.45, 2.75) is 44.5 Å². The molecule has 0 aromatic carbocycles. The summed E-state index contributed by atoms with van der Waals surface area (Å²) in [6, 6.07) is 2.33. The molecule has 2 aliphatic rings. The van der Waals surface area contributed by atoms with Crippen LogP contribution in [0, 0.1) is 0 Å². The van der Waals surface area contributed by atoms with E-state index in [1.807, 2.05) is 6.92 Å². The summed E-state index contributed by atoms with van der Waals surface area (Å²) in [7, 11) is 0. The quantitative estimate of drug-likeness (QED) is 0.650. The van der Waals surface area contributed by atoms with Crippen LogP contribution in [0.4, 0.5) is 38.4 Å². The molecule has 4 heterocycles. The minimum atomic E-state index is -4.98. The number of halogens is 5. The summed E-state index contributed by atoms with van der Waals surface area (Å²) in [5.74, 6) is -3.46. The molecule has 2 atom stereocenters. The number of carbonyl (C=O) groups excluding carboxylic acids is 1. The summed E-state index contributed by atoms with van der Waals surface area (Å²) in [5.41, 5.74) is -1.53. The van der Waals surface area contributed by atoms with Gasteiger partial charge < -0.3 is 15.0 Å². The summed E-state index contributed by atoms with van der Waals surface area (Å²) in [6.45, 7) is 4.77.